The quantitative estimate of drug-likeness (QED) is 0.342. The lowest BCUT2D eigenvalue weighted by atomic mass is 9.92. The fraction of sp³-hybridized carbons (Fsp3) is 0.286. The highest BCUT2D eigenvalue weighted by Gasteiger charge is 2.35. The molecule has 2 aliphatic carbocycles. The molecule has 4 aromatic rings. The number of carbonyl (C=O) groups excluding carboxylic acids is 2. The minimum Gasteiger partial charge on any atom is -0.497 e. The first-order valence-corrected chi connectivity index (χ1v) is 11.6. The number of Topliss-reactive ketones (excluding diaryl/α,β-unsaturated/α-hetero) is 1. The van der Waals surface area contributed by atoms with Gasteiger partial charge >= 0.3 is 5.97 Å². The zero-order chi connectivity index (χ0) is 22.7. The van der Waals surface area contributed by atoms with Gasteiger partial charge in [-0.2, -0.15) is 0 Å². The van der Waals surface area contributed by atoms with Gasteiger partial charge in [0.1, 0.15) is 5.75 Å². The van der Waals surface area contributed by atoms with Gasteiger partial charge in [0.2, 0.25) is 0 Å². The standard InChI is InChI=1S/C28H25NO4/c1-3-33-24(31)12-13-29-22-10-8-17(32-2)15-20(22)26-19-9-11-23(30)27(19)25-18-7-5-4-6-16(18)14-21(25)28(26)29/h4-8,10,15H,3,9,11-14H2,1-2H3. The summed E-state index contributed by atoms with van der Waals surface area (Å²) >= 11 is 0. The Kier molecular flexibility index (Phi) is 4.54. The van der Waals surface area contributed by atoms with Gasteiger partial charge < -0.3 is 14.0 Å². The van der Waals surface area contributed by atoms with Crippen LogP contribution in [0.4, 0.5) is 0 Å². The van der Waals surface area contributed by atoms with E-state index in [2.05, 4.69) is 34.9 Å². The maximum atomic E-state index is 13.1. The number of hydrogen-bond acceptors (Lipinski definition) is 4. The molecule has 0 atom stereocenters. The third-order valence-electron chi connectivity index (χ3n) is 7.09. The second-order valence-electron chi connectivity index (χ2n) is 8.78. The number of carbonyl (C=O) groups is 2. The van der Waals surface area contributed by atoms with Crippen LogP contribution in [0, 0.1) is 0 Å². The molecular formula is C28H25NO4. The van der Waals surface area contributed by atoms with Gasteiger partial charge in [0.05, 0.1) is 25.7 Å². The first-order chi connectivity index (χ1) is 16.1. The molecule has 3 aromatic carbocycles. The molecule has 0 aliphatic heterocycles. The summed E-state index contributed by atoms with van der Waals surface area (Å²) in [5.41, 5.74) is 8.95. The van der Waals surface area contributed by atoms with Crippen molar-refractivity contribution < 1.29 is 19.1 Å². The second-order valence-corrected chi connectivity index (χ2v) is 8.78. The van der Waals surface area contributed by atoms with Crippen molar-refractivity contribution in [3.05, 3.63) is 64.7 Å². The molecule has 6 rings (SSSR count). The molecule has 166 valence electrons. The number of ketones is 1. The topological polar surface area (TPSA) is 57.5 Å². The normalized spacial score (nSPS) is 13.9. The number of aryl methyl sites for hydroxylation is 2. The molecule has 2 aliphatic rings. The molecule has 1 heterocycles. The lowest BCUT2D eigenvalue weighted by Crippen LogP contribution is -2.10. The molecule has 1 aromatic heterocycles. The van der Waals surface area contributed by atoms with E-state index in [4.69, 9.17) is 9.47 Å². The highest BCUT2D eigenvalue weighted by Crippen LogP contribution is 2.50. The molecule has 5 nitrogen and oxygen atoms in total. The van der Waals surface area contributed by atoms with Crippen molar-refractivity contribution in [1.29, 1.82) is 0 Å². The number of fused-ring (bicyclic) bond motifs is 10. The predicted octanol–water partition coefficient (Wildman–Crippen LogP) is 5.46. The minimum atomic E-state index is -0.197. The molecule has 0 unspecified atom stereocenters. The Hall–Kier alpha value is -3.60. The second kappa shape index (κ2) is 7.48. The number of hydrogen-bond donors (Lipinski definition) is 0. The SMILES string of the molecule is CCOC(=O)CCn1c2ccc(OC)cc2c2c3c(c4c(c21)Cc1ccccc1-4)C(=O)CC3. The van der Waals surface area contributed by atoms with Crippen molar-refractivity contribution in [1.82, 2.24) is 4.57 Å². The van der Waals surface area contributed by atoms with E-state index in [9.17, 15) is 9.59 Å². The molecular weight excluding hydrogens is 414 g/mol. The number of rotatable bonds is 5. The molecule has 0 saturated carbocycles. The number of ether oxygens (including phenoxy) is 2. The third-order valence-corrected chi connectivity index (χ3v) is 7.09. The minimum absolute atomic E-state index is 0.197. The van der Waals surface area contributed by atoms with Crippen molar-refractivity contribution >= 4 is 33.6 Å². The summed E-state index contributed by atoms with van der Waals surface area (Å²) in [5, 5.41) is 2.22. The first-order valence-electron chi connectivity index (χ1n) is 11.6. The number of aromatic nitrogens is 1. The van der Waals surface area contributed by atoms with E-state index in [0.29, 0.717) is 26.0 Å². The summed E-state index contributed by atoms with van der Waals surface area (Å²) in [4.78, 5) is 25.4. The average molecular weight is 440 g/mol. The number of nitrogens with zero attached hydrogens (tertiary/aromatic N) is 1. The lowest BCUT2D eigenvalue weighted by molar-refractivity contribution is -0.143. The highest BCUT2D eigenvalue weighted by atomic mass is 16.5. The number of esters is 1. The molecule has 0 saturated heterocycles. The lowest BCUT2D eigenvalue weighted by Gasteiger charge is -2.14. The van der Waals surface area contributed by atoms with Crippen LogP contribution in [0.1, 0.15) is 46.8 Å². The Morgan fingerprint density at radius 1 is 1.06 bits per heavy atom. The summed E-state index contributed by atoms with van der Waals surface area (Å²) in [5.74, 6) is 0.821. The van der Waals surface area contributed by atoms with Crippen LogP contribution >= 0.6 is 0 Å². The van der Waals surface area contributed by atoms with Gasteiger partial charge in [-0.3, -0.25) is 9.59 Å². The Morgan fingerprint density at radius 2 is 1.91 bits per heavy atom. The van der Waals surface area contributed by atoms with Gasteiger partial charge in [0.15, 0.2) is 5.78 Å². The van der Waals surface area contributed by atoms with Gasteiger partial charge in [0, 0.05) is 41.2 Å². The predicted molar refractivity (Wildman–Crippen MR) is 128 cm³/mol. The van der Waals surface area contributed by atoms with E-state index in [1.165, 1.54) is 16.7 Å². The summed E-state index contributed by atoms with van der Waals surface area (Å²) in [6.45, 7) is 2.74. The summed E-state index contributed by atoms with van der Waals surface area (Å²) < 4.78 is 13.0. The molecule has 0 N–H and O–H groups in total. The zero-order valence-electron chi connectivity index (χ0n) is 18.9. The van der Waals surface area contributed by atoms with E-state index in [1.54, 1.807) is 7.11 Å². The van der Waals surface area contributed by atoms with E-state index < -0.39 is 0 Å². The summed E-state index contributed by atoms with van der Waals surface area (Å²) in [6, 6.07) is 14.5. The van der Waals surface area contributed by atoms with Crippen LogP contribution in [0.3, 0.4) is 0 Å². The largest absolute Gasteiger partial charge is 0.497 e. The van der Waals surface area contributed by atoms with Crippen LogP contribution in [0.15, 0.2) is 42.5 Å². The van der Waals surface area contributed by atoms with Crippen molar-refractivity contribution in [2.45, 2.75) is 39.2 Å². The molecule has 0 radical (unpaired) electrons. The number of methoxy groups -OCH3 is 1. The van der Waals surface area contributed by atoms with Crippen LogP contribution in [0.2, 0.25) is 0 Å². The molecule has 0 bridgehead atoms. The highest BCUT2D eigenvalue weighted by molar-refractivity contribution is 6.20. The van der Waals surface area contributed by atoms with E-state index >= 15 is 0 Å². The molecule has 0 amide bonds. The Bertz CT molecular complexity index is 1480. The maximum absolute atomic E-state index is 13.1. The van der Waals surface area contributed by atoms with Crippen molar-refractivity contribution in [2.24, 2.45) is 0 Å². The number of benzene rings is 3. The van der Waals surface area contributed by atoms with E-state index in [1.807, 2.05) is 19.1 Å². The fourth-order valence-corrected chi connectivity index (χ4v) is 5.79. The molecule has 5 heteroatoms. The van der Waals surface area contributed by atoms with Crippen molar-refractivity contribution in [3.63, 3.8) is 0 Å². The van der Waals surface area contributed by atoms with E-state index in [-0.39, 0.29) is 11.8 Å². The summed E-state index contributed by atoms with van der Waals surface area (Å²) in [6.07, 6.45) is 2.38. The van der Waals surface area contributed by atoms with Crippen LogP contribution in [0.25, 0.3) is 32.9 Å². The summed E-state index contributed by atoms with van der Waals surface area (Å²) in [7, 11) is 1.67. The zero-order valence-corrected chi connectivity index (χ0v) is 18.9. The Balaban J connectivity index is 1.71. The first kappa shape index (κ1) is 20.0. The molecule has 0 fully saturated rings. The van der Waals surface area contributed by atoms with Gasteiger partial charge in [0.25, 0.3) is 0 Å². The van der Waals surface area contributed by atoms with Crippen LogP contribution in [-0.4, -0.2) is 30.0 Å². The van der Waals surface area contributed by atoms with E-state index in [0.717, 1.165) is 57.1 Å². The van der Waals surface area contributed by atoms with Crippen LogP contribution < -0.4 is 4.74 Å². The van der Waals surface area contributed by atoms with Crippen LogP contribution in [0.5, 0.6) is 5.75 Å². The maximum Gasteiger partial charge on any atom is 0.307 e. The molecule has 33 heavy (non-hydrogen) atoms. The van der Waals surface area contributed by atoms with Gasteiger partial charge in [-0.1, -0.05) is 24.3 Å². The monoisotopic (exact) mass is 439 g/mol. The average Bonchev–Trinajstić information content (AvgIpc) is 3.48. The van der Waals surface area contributed by atoms with Crippen LogP contribution in [-0.2, 0) is 28.9 Å². The Morgan fingerprint density at radius 3 is 2.73 bits per heavy atom. The Labute approximate surface area is 191 Å². The third kappa shape index (κ3) is 2.85. The van der Waals surface area contributed by atoms with Crippen molar-refractivity contribution in [2.75, 3.05) is 13.7 Å². The van der Waals surface area contributed by atoms with Gasteiger partial charge in [-0.05, 0) is 59.4 Å². The fourth-order valence-electron chi connectivity index (χ4n) is 5.79. The van der Waals surface area contributed by atoms with Crippen molar-refractivity contribution in [3.8, 4) is 16.9 Å². The van der Waals surface area contributed by atoms with Gasteiger partial charge in [-0.15, -0.1) is 0 Å². The smallest absolute Gasteiger partial charge is 0.307 e. The van der Waals surface area contributed by atoms with Gasteiger partial charge in [-0.25, -0.2) is 0 Å². The molecule has 0 spiro atoms.